The predicted molar refractivity (Wildman–Crippen MR) is 204 cm³/mol. The van der Waals surface area contributed by atoms with Crippen LogP contribution in [0.5, 0.6) is 0 Å². The van der Waals surface area contributed by atoms with E-state index in [9.17, 15) is 9.59 Å². The standard InChI is InChI=1S/C41H49N7O3/c1-6-39(27(2)41-30(5)51-20-14-42-41)47-15-13-31-23-43-40(21-32(31)24-47)44-33-7-9-34(10-8-33)45-16-18-46(19-17-45)36-25-48(26-36)35-11-12-37(28(3)49)38(22-35)29(4)50/h6-12,21-23,36,42H,5,13-20,24-26H2,1-4H3,(H,43,44)/b39-6?,41-27+. The zero-order chi connectivity index (χ0) is 35.6. The van der Waals surface area contributed by atoms with Crippen molar-refractivity contribution >= 4 is 34.4 Å². The molecule has 51 heavy (non-hydrogen) atoms. The van der Waals surface area contributed by atoms with E-state index in [0.717, 1.165) is 93.8 Å². The molecule has 2 N–H and O–H groups in total. The van der Waals surface area contributed by atoms with E-state index in [1.54, 1.807) is 6.07 Å². The van der Waals surface area contributed by atoms with Gasteiger partial charge in [0.15, 0.2) is 11.6 Å². The Hall–Kier alpha value is -5.09. The number of hydrogen-bond donors (Lipinski definition) is 2. The Balaban J connectivity index is 0.917. The Morgan fingerprint density at radius 1 is 0.902 bits per heavy atom. The quantitative estimate of drug-likeness (QED) is 0.265. The summed E-state index contributed by atoms with van der Waals surface area (Å²) in [5.74, 6) is 1.42. The number of ether oxygens (including phenoxy) is 1. The molecule has 3 aromatic rings. The van der Waals surface area contributed by atoms with Crippen LogP contribution in [0.4, 0.5) is 22.9 Å². The second-order valence-electron chi connectivity index (χ2n) is 14.0. The molecule has 10 nitrogen and oxygen atoms in total. The van der Waals surface area contributed by atoms with Gasteiger partial charge in [-0.1, -0.05) is 12.7 Å². The number of benzene rings is 2. The van der Waals surface area contributed by atoms with E-state index in [2.05, 4.69) is 87.1 Å². The summed E-state index contributed by atoms with van der Waals surface area (Å²) < 4.78 is 5.72. The fraction of sp³-hybridized carbons (Fsp3) is 0.390. The zero-order valence-corrected chi connectivity index (χ0v) is 30.3. The van der Waals surface area contributed by atoms with E-state index in [4.69, 9.17) is 9.72 Å². The number of pyridine rings is 1. The van der Waals surface area contributed by atoms with E-state index in [0.29, 0.717) is 29.5 Å². The summed E-state index contributed by atoms with van der Waals surface area (Å²) in [4.78, 5) is 38.7. The molecular weight excluding hydrogens is 638 g/mol. The molecule has 0 spiro atoms. The van der Waals surface area contributed by atoms with Crippen LogP contribution in [0.3, 0.4) is 0 Å². The van der Waals surface area contributed by atoms with Gasteiger partial charge in [-0.25, -0.2) is 4.98 Å². The monoisotopic (exact) mass is 687 g/mol. The van der Waals surface area contributed by atoms with E-state index >= 15 is 0 Å². The van der Waals surface area contributed by atoms with Gasteiger partial charge >= 0.3 is 0 Å². The first kappa shape index (κ1) is 34.4. The fourth-order valence-corrected chi connectivity index (χ4v) is 7.81. The molecule has 10 heteroatoms. The lowest BCUT2D eigenvalue weighted by Gasteiger charge is -2.49. The largest absolute Gasteiger partial charge is 0.490 e. The molecule has 0 radical (unpaired) electrons. The number of morpholine rings is 1. The first-order valence-electron chi connectivity index (χ1n) is 18.1. The van der Waals surface area contributed by atoms with E-state index in [-0.39, 0.29) is 11.6 Å². The predicted octanol–water partition coefficient (Wildman–Crippen LogP) is 5.91. The lowest BCUT2D eigenvalue weighted by molar-refractivity contribution is 0.0980. The van der Waals surface area contributed by atoms with Gasteiger partial charge in [-0.05, 0) is 99.3 Å². The minimum absolute atomic E-state index is 0.0693. The van der Waals surface area contributed by atoms with Crippen LogP contribution in [0, 0.1) is 0 Å². The topological polar surface area (TPSA) is 93.3 Å². The van der Waals surface area contributed by atoms with Gasteiger partial charge in [0.2, 0.25) is 0 Å². The lowest BCUT2D eigenvalue weighted by Crippen LogP contribution is -2.63. The number of carbonyl (C=O) groups is 2. The number of anilines is 4. The summed E-state index contributed by atoms with van der Waals surface area (Å²) >= 11 is 0. The fourth-order valence-electron chi connectivity index (χ4n) is 7.81. The lowest BCUT2D eigenvalue weighted by atomic mass is 9.98. The highest BCUT2D eigenvalue weighted by molar-refractivity contribution is 6.07. The third kappa shape index (κ3) is 7.23. The summed E-state index contributed by atoms with van der Waals surface area (Å²) in [6.07, 6.45) is 5.16. The molecule has 0 amide bonds. The van der Waals surface area contributed by atoms with Crippen LogP contribution in [0.15, 0.2) is 90.1 Å². The van der Waals surface area contributed by atoms with E-state index in [1.165, 1.54) is 36.4 Å². The molecule has 0 atom stereocenters. The molecule has 7 rings (SSSR count). The van der Waals surface area contributed by atoms with Gasteiger partial charge in [0, 0.05) is 105 Å². The van der Waals surface area contributed by atoms with Crippen molar-refractivity contribution < 1.29 is 14.3 Å². The van der Waals surface area contributed by atoms with Gasteiger partial charge in [0.25, 0.3) is 0 Å². The van der Waals surface area contributed by atoms with Crippen LogP contribution in [0.25, 0.3) is 0 Å². The highest BCUT2D eigenvalue weighted by Gasteiger charge is 2.34. The molecule has 0 aliphatic carbocycles. The number of aromatic nitrogens is 1. The van der Waals surface area contributed by atoms with Gasteiger partial charge in [0.1, 0.15) is 18.2 Å². The second-order valence-corrected chi connectivity index (χ2v) is 14.0. The van der Waals surface area contributed by atoms with Gasteiger partial charge in [-0.3, -0.25) is 14.5 Å². The molecule has 0 bridgehead atoms. The van der Waals surface area contributed by atoms with Gasteiger partial charge < -0.3 is 30.1 Å². The van der Waals surface area contributed by atoms with Crippen molar-refractivity contribution in [2.24, 2.45) is 0 Å². The molecule has 3 fully saturated rings. The zero-order valence-electron chi connectivity index (χ0n) is 30.3. The highest BCUT2D eigenvalue weighted by atomic mass is 16.5. The van der Waals surface area contributed by atoms with Crippen molar-refractivity contribution in [1.29, 1.82) is 0 Å². The molecule has 0 unspecified atom stereocenters. The first-order chi connectivity index (χ1) is 24.7. The number of nitrogens with zero attached hydrogens (tertiary/aromatic N) is 5. The van der Waals surface area contributed by atoms with Gasteiger partial charge in [-0.2, -0.15) is 0 Å². The maximum Gasteiger partial charge on any atom is 0.160 e. The van der Waals surface area contributed by atoms with Crippen molar-refractivity contribution in [2.75, 3.05) is 74.1 Å². The Kier molecular flexibility index (Phi) is 9.86. The van der Waals surface area contributed by atoms with Crippen molar-refractivity contribution in [1.82, 2.24) is 20.1 Å². The Morgan fingerprint density at radius 2 is 1.63 bits per heavy atom. The Morgan fingerprint density at radius 3 is 2.31 bits per heavy atom. The van der Waals surface area contributed by atoms with E-state index < -0.39 is 0 Å². The molecule has 4 aliphatic rings. The van der Waals surface area contributed by atoms with Crippen molar-refractivity contribution in [2.45, 2.75) is 46.7 Å². The average molecular weight is 688 g/mol. The summed E-state index contributed by atoms with van der Waals surface area (Å²) in [7, 11) is 0. The third-order valence-electron chi connectivity index (χ3n) is 10.8. The summed E-state index contributed by atoms with van der Waals surface area (Å²) in [5.41, 5.74) is 10.2. The molecular formula is C41H49N7O3. The molecule has 4 aliphatic heterocycles. The minimum atomic E-state index is -0.0741. The van der Waals surface area contributed by atoms with Crippen LogP contribution in [-0.4, -0.2) is 91.4 Å². The number of nitrogens with one attached hydrogen (secondary N) is 2. The van der Waals surface area contributed by atoms with Crippen LogP contribution in [0.1, 0.15) is 59.5 Å². The van der Waals surface area contributed by atoms with E-state index in [1.807, 2.05) is 18.3 Å². The number of rotatable bonds is 9. The molecule has 266 valence electrons. The average Bonchev–Trinajstić information content (AvgIpc) is 3.12. The van der Waals surface area contributed by atoms with Gasteiger partial charge in [-0.15, -0.1) is 0 Å². The van der Waals surface area contributed by atoms with Crippen LogP contribution in [0.2, 0.25) is 0 Å². The summed E-state index contributed by atoms with van der Waals surface area (Å²) in [6.45, 7) is 20.4. The summed E-state index contributed by atoms with van der Waals surface area (Å²) in [5, 5.41) is 7.01. The number of carbonyl (C=O) groups excluding carboxylic acids is 2. The number of allylic oxidation sites excluding steroid dienone is 2. The number of hydrogen-bond acceptors (Lipinski definition) is 10. The molecule has 2 aromatic carbocycles. The van der Waals surface area contributed by atoms with Crippen molar-refractivity contribution in [3.8, 4) is 0 Å². The molecule has 0 saturated carbocycles. The summed E-state index contributed by atoms with van der Waals surface area (Å²) in [6, 6.07) is 17.0. The van der Waals surface area contributed by atoms with Gasteiger partial charge in [0.05, 0.1) is 5.70 Å². The Labute approximate surface area is 301 Å². The SMILES string of the molecule is C=C1OCCN/C1=C(\C)C(=CC)N1CCc2cnc(Nc3ccc(N4CCN(C5CN(c6ccc(C(C)=O)c(C(C)=O)c6)C5)CC4)cc3)cc2C1. The second kappa shape index (κ2) is 14.6. The maximum atomic E-state index is 12.2. The number of ketones is 2. The van der Waals surface area contributed by atoms with Crippen LogP contribution < -0.4 is 20.4 Å². The highest BCUT2D eigenvalue weighted by Crippen LogP contribution is 2.31. The number of fused-ring (bicyclic) bond motifs is 1. The molecule has 3 saturated heterocycles. The number of Topliss-reactive ketones (excluding diaryl/α,β-unsaturated/α-hetero) is 2. The third-order valence-corrected chi connectivity index (χ3v) is 10.8. The molecule has 1 aromatic heterocycles. The first-order valence-corrected chi connectivity index (χ1v) is 18.1. The normalized spacial score (nSPS) is 19.5. The number of piperazine rings is 1. The van der Waals surface area contributed by atoms with Crippen molar-refractivity contribution in [3.63, 3.8) is 0 Å². The van der Waals surface area contributed by atoms with Crippen LogP contribution in [-0.2, 0) is 17.7 Å². The maximum absolute atomic E-state index is 12.2. The van der Waals surface area contributed by atoms with Crippen LogP contribution >= 0.6 is 0 Å². The smallest absolute Gasteiger partial charge is 0.160 e. The minimum Gasteiger partial charge on any atom is -0.490 e. The van der Waals surface area contributed by atoms with Crippen molar-refractivity contribution in [3.05, 3.63) is 112 Å². The molecule has 5 heterocycles. The Bertz CT molecular complexity index is 1890.